The third-order valence-electron chi connectivity index (χ3n) is 1.47. The van der Waals surface area contributed by atoms with Crippen LogP contribution in [0, 0.1) is 0 Å². The third kappa shape index (κ3) is 1.54. The van der Waals surface area contributed by atoms with E-state index in [9.17, 15) is 4.79 Å². The summed E-state index contributed by atoms with van der Waals surface area (Å²) in [4.78, 5) is 10.4. The molecule has 0 unspecified atom stereocenters. The van der Waals surface area contributed by atoms with Crippen LogP contribution < -0.4 is 0 Å². The largest absolute Gasteiger partial charge is 0.507 e. The summed E-state index contributed by atoms with van der Waals surface area (Å²) in [6.45, 7) is -0.236. The van der Waals surface area contributed by atoms with Gasteiger partial charge in [-0.2, -0.15) is 0 Å². The Morgan fingerprint density at radius 2 is 2.08 bits per heavy atom. The molecule has 1 aromatic rings. The van der Waals surface area contributed by atoms with Crippen molar-refractivity contribution in [3.8, 4) is 5.75 Å². The molecule has 64 valence electrons. The maximum Gasteiger partial charge on any atom is 0.339 e. The highest BCUT2D eigenvalue weighted by Crippen LogP contribution is 2.18. The van der Waals surface area contributed by atoms with Gasteiger partial charge in [0.15, 0.2) is 0 Å². The molecular weight excluding hydrogens is 160 g/mol. The van der Waals surface area contributed by atoms with Crippen LogP contribution in [0.1, 0.15) is 15.9 Å². The zero-order chi connectivity index (χ0) is 9.14. The van der Waals surface area contributed by atoms with Crippen molar-refractivity contribution in [2.75, 3.05) is 0 Å². The Hall–Kier alpha value is -1.55. The molecule has 3 N–H and O–H groups in total. The summed E-state index contributed by atoms with van der Waals surface area (Å²) in [5.74, 6) is -1.50. The molecule has 0 saturated carbocycles. The smallest absolute Gasteiger partial charge is 0.339 e. The Balaban J connectivity index is 3.17. The first-order valence-corrected chi connectivity index (χ1v) is 3.31. The van der Waals surface area contributed by atoms with Gasteiger partial charge in [-0.1, -0.05) is 6.07 Å². The van der Waals surface area contributed by atoms with Gasteiger partial charge >= 0.3 is 5.97 Å². The lowest BCUT2D eigenvalue weighted by Crippen LogP contribution is -1.98. The van der Waals surface area contributed by atoms with Crippen molar-refractivity contribution in [2.24, 2.45) is 0 Å². The van der Waals surface area contributed by atoms with Crippen LogP contribution in [-0.4, -0.2) is 21.3 Å². The van der Waals surface area contributed by atoms with E-state index in [4.69, 9.17) is 15.3 Å². The fourth-order valence-electron chi connectivity index (χ4n) is 0.853. The van der Waals surface area contributed by atoms with Crippen molar-refractivity contribution >= 4 is 5.97 Å². The van der Waals surface area contributed by atoms with E-state index in [0.717, 1.165) is 0 Å². The van der Waals surface area contributed by atoms with Crippen molar-refractivity contribution in [1.29, 1.82) is 0 Å². The lowest BCUT2D eigenvalue weighted by atomic mass is 10.1. The van der Waals surface area contributed by atoms with Crippen LogP contribution in [0.2, 0.25) is 0 Å². The maximum atomic E-state index is 10.4. The first-order valence-electron chi connectivity index (χ1n) is 3.31. The minimum absolute atomic E-state index is 0.193. The number of rotatable bonds is 2. The number of hydrogen-bond donors (Lipinski definition) is 3. The Morgan fingerprint density at radius 3 is 2.58 bits per heavy atom. The Labute approximate surface area is 68.7 Å². The van der Waals surface area contributed by atoms with E-state index in [2.05, 4.69) is 0 Å². The van der Waals surface area contributed by atoms with Gasteiger partial charge in [0.1, 0.15) is 11.3 Å². The molecule has 0 bridgehead atoms. The van der Waals surface area contributed by atoms with Crippen molar-refractivity contribution in [3.63, 3.8) is 0 Å². The summed E-state index contributed by atoms with van der Waals surface area (Å²) in [6.07, 6.45) is 0. The second-order valence-electron chi connectivity index (χ2n) is 2.31. The number of carboxylic acid groups (broad SMARTS) is 1. The van der Waals surface area contributed by atoms with Crippen molar-refractivity contribution < 1.29 is 20.1 Å². The normalized spacial score (nSPS) is 9.75. The van der Waals surface area contributed by atoms with Crippen LogP contribution >= 0.6 is 0 Å². The van der Waals surface area contributed by atoms with Gasteiger partial charge in [0.2, 0.25) is 0 Å². The molecule has 1 rings (SSSR count). The van der Waals surface area contributed by atoms with Gasteiger partial charge in [0.25, 0.3) is 0 Å². The van der Waals surface area contributed by atoms with E-state index < -0.39 is 5.97 Å². The molecule has 0 atom stereocenters. The number of carbonyl (C=O) groups is 1. The van der Waals surface area contributed by atoms with Gasteiger partial charge in [-0.15, -0.1) is 0 Å². The molecule has 0 heterocycles. The summed E-state index contributed by atoms with van der Waals surface area (Å²) < 4.78 is 0. The van der Waals surface area contributed by atoms with Crippen LogP contribution in [0.5, 0.6) is 5.75 Å². The lowest BCUT2D eigenvalue weighted by Gasteiger charge is -2.00. The van der Waals surface area contributed by atoms with Crippen molar-refractivity contribution in [1.82, 2.24) is 0 Å². The second-order valence-corrected chi connectivity index (χ2v) is 2.31. The van der Waals surface area contributed by atoms with Crippen LogP contribution in [0.3, 0.4) is 0 Å². The average molecular weight is 168 g/mol. The molecule has 0 saturated heterocycles. The molecule has 4 nitrogen and oxygen atoms in total. The summed E-state index contributed by atoms with van der Waals surface area (Å²) >= 11 is 0. The molecule has 12 heavy (non-hydrogen) atoms. The van der Waals surface area contributed by atoms with E-state index in [-0.39, 0.29) is 17.9 Å². The third-order valence-corrected chi connectivity index (χ3v) is 1.47. The quantitative estimate of drug-likeness (QED) is 0.603. The number of hydrogen-bond acceptors (Lipinski definition) is 3. The molecule has 0 amide bonds. The number of phenols is 1. The van der Waals surface area contributed by atoms with Crippen LogP contribution in [0.4, 0.5) is 0 Å². The Kier molecular flexibility index (Phi) is 2.30. The molecule has 0 aliphatic rings. The number of aliphatic hydroxyl groups is 1. The topological polar surface area (TPSA) is 77.8 Å². The molecule has 0 aromatic heterocycles. The molecular formula is C8H8O4. The minimum atomic E-state index is -1.21. The summed E-state index contributed by atoms with van der Waals surface area (Å²) in [6, 6.07) is 3.94. The van der Waals surface area contributed by atoms with E-state index in [0.29, 0.717) is 5.56 Å². The van der Waals surface area contributed by atoms with E-state index in [1.165, 1.54) is 18.2 Å². The molecule has 0 aliphatic heterocycles. The fraction of sp³-hybridized carbons (Fsp3) is 0.125. The predicted octanol–water partition coefficient (Wildman–Crippen LogP) is 0.583. The number of aromatic carboxylic acids is 1. The number of aromatic hydroxyl groups is 1. The standard InChI is InChI=1S/C8H8O4/c9-4-5-1-2-7(10)6(3-5)8(11)12/h1-3,9-10H,4H2,(H,11,12). The van der Waals surface area contributed by atoms with Gasteiger partial charge in [-0.05, 0) is 17.7 Å². The first-order chi connectivity index (χ1) is 5.65. The molecule has 4 heteroatoms. The van der Waals surface area contributed by atoms with E-state index in [1.807, 2.05) is 0 Å². The molecule has 0 radical (unpaired) electrons. The van der Waals surface area contributed by atoms with Crippen LogP contribution in [-0.2, 0) is 6.61 Å². The second kappa shape index (κ2) is 3.23. The van der Waals surface area contributed by atoms with Crippen LogP contribution in [0.15, 0.2) is 18.2 Å². The first kappa shape index (κ1) is 8.55. The number of benzene rings is 1. The van der Waals surface area contributed by atoms with Gasteiger partial charge in [0.05, 0.1) is 6.61 Å². The van der Waals surface area contributed by atoms with Gasteiger partial charge in [0, 0.05) is 0 Å². The van der Waals surface area contributed by atoms with Crippen molar-refractivity contribution in [3.05, 3.63) is 29.3 Å². The Morgan fingerprint density at radius 1 is 1.42 bits per heavy atom. The highest BCUT2D eigenvalue weighted by Gasteiger charge is 2.08. The van der Waals surface area contributed by atoms with Gasteiger partial charge < -0.3 is 15.3 Å². The monoisotopic (exact) mass is 168 g/mol. The fourth-order valence-corrected chi connectivity index (χ4v) is 0.853. The zero-order valence-corrected chi connectivity index (χ0v) is 6.19. The zero-order valence-electron chi connectivity index (χ0n) is 6.19. The van der Waals surface area contributed by atoms with Crippen molar-refractivity contribution in [2.45, 2.75) is 6.61 Å². The molecule has 0 spiro atoms. The summed E-state index contributed by atoms with van der Waals surface area (Å²) in [7, 11) is 0. The lowest BCUT2D eigenvalue weighted by molar-refractivity contribution is 0.0693. The number of carboxylic acids is 1. The maximum absolute atomic E-state index is 10.4. The van der Waals surface area contributed by atoms with E-state index in [1.54, 1.807) is 0 Å². The summed E-state index contributed by atoms with van der Waals surface area (Å²) in [5.41, 5.74) is 0.270. The minimum Gasteiger partial charge on any atom is -0.507 e. The molecule has 1 aromatic carbocycles. The average Bonchev–Trinajstić information content (AvgIpc) is 2.05. The Bertz CT molecular complexity index is 306. The predicted molar refractivity (Wildman–Crippen MR) is 41.0 cm³/mol. The molecule has 0 aliphatic carbocycles. The van der Waals surface area contributed by atoms with E-state index >= 15 is 0 Å². The van der Waals surface area contributed by atoms with Crippen LogP contribution in [0.25, 0.3) is 0 Å². The summed E-state index contributed by atoms with van der Waals surface area (Å²) in [5, 5.41) is 26.2. The highest BCUT2D eigenvalue weighted by atomic mass is 16.4. The molecule has 0 fully saturated rings. The highest BCUT2D eigenvalue weighted by molar-refractivity contribution is 5.90. The van der Waals surface area contributed by atoms with Gasteiger partial charge in [-0.3, -0.25) is 0 Å². The SMILES string of the molecule is O=C(O)c1cc(CO)ccc1O. The van der Waals surface area contributed by atoms with Gasteiger partial charge in [-0.25, -0.2) is 4.79 Å². The number of aliphatic hydroxyl groups excluding tert-OH is 1.